The van der Waals surface area contributed by atoms with Gasteiger partial charge in [-0.2, -0.15) is 0 Å². The number of ether oxygens (including phenoxy) is 1. The average Bonchev–Trinajstić information content (AvgIpc) is 3.27. The SMILES string of the molecule is CCC(C(=O)NC1CCCC1)N(Cc1ccccc1Cl)C(=O)COc1ccccc1Cl. The molecule has 1 saturated carbocycles. The van der Waals surface area contributed by atoms with E-state index in [1.807, 2.05) is 25.1 Å². The number of benzene rings is 2. The summed E-state index contributed by atoms with van der Waals surface area (Å²) < 4.78 is 5.67. The van der Waals surface area contributed by atoms with E-state index in [1.165, 1.54) is 0 Å². The van der Waals surface area contributed by atoms with Gasteiger partial charge in [-0.1, -0.05) is 73.3 Å². The third-order valence-electron chi connectivity index (χ3n) is 5.57. The van der Waals surface area contributed by atoms with Gasteiger partial charge in [-0.25, -0.2) is 0 Å². The first-order valence-corrected chi connectivity index (χ1v) is 11.5. The second-order valence-corrected chi connectivity index (χ2v) is 8.56. The highest BCUT2D eigenvalue weighted by Gasteiger charge is 2.31. The molecule has 1 fully saturated rings. The van der Waals surface area contributed by atoms with E-state index in [1.54, 1.807) is 35.2 Å². The fourth-order valence-corrected chi connectivity index (χ4v) is 4.27. The Balaban J connectivity index is 1.78. The summed E-state index contributed by atoms with van der Waals surface area (Å²) in [5.74, 6) is -0.000487. The second kappa shape index (κ2) is 11.4. The lowest BCUT2D eigenvalue weighted by Gasteiger charge is -2.31. The maximum absolute atomic E-state index is 13.2. The van der Waals surface area contributed by atoms with E-state index in [2.05, 4.69) is 5.32 Å². The van der Waals surface area contributed by atoms with E-state index in [-0.39, 0.29) is 31.0 Å². The lowest BCUT2D eigenvalue weighted by molar-refractivity contribution is -0.143. The van der Waals surface area contributed by atoms with Crippen LogP contribution in [0.3, 0.4) is 0 Å². The summed E-state index contributed by atoms with van der Waals surface area (Å²) in [6.07, 6.45) is 4.69. The molecule has 0 aliphatic heterocycles. The van der Waals surface area contributed by atoms with Gasteiger partial charge in [0, 0.05) is 17.6 Å². The van der Waals surface area contributed by atoms with Crippen LogP contribution < -0.4 is 10.1 Å². The van der Waals surface area contributed by atoms with Crippen LogP contribution in [0.25, 0.3) is 0 Å². The number of hydrogen-bond donors (Lipinski definition) is 1. The normalized spacial score (nSPS) is 14.8. The number of carbonyl (C=O) groups is 2. The number of hydrogen-bond acceptors (Lipinski definition) is 3. The quantitative estimate of drug-likeness (QED) is 0.554. The maximum atomic E-state index is 13.2. The molecule has 1 unspecified atom stereocenters. The van der Waals surface area contributed by atoms with Crippen LogP contribution in [0, 0.1) is 0 Å². The second-order valence-electron chi connectivity index (χ2n) is 7.75. The molecule has 1 aliphatic rings. The van der Waals surface area contributed by atoms with E-state index in [0.717, 1.165) is 31.2 Å². The number of nitrogens with one attached hydrogen (secondary N) is 1. The Hall–Kier alpha value is -2.24. The summed E-state index contributed by atoms with van der Waals surface area (Å²) in [5, 5.41) is 4.10. The largest absolute Gasteiger partial charge is 0.482 e. The molecular formula is C24H28Cl2N2O3. The Morgan fingerprint density at radius 2 is 1.71 bits per heavy atom. The number of carbonyl (C=O) groups excluding carboxylic acids is 2. The zero-order valence-electron chi connectivity index (χ0n) is 17.7. The van der Waals surface area contributed by atoms with Gasteiger partial charge in [-0.05, 0) is 43.0 Å². The minimum atomic E-state index is -0.612. The van der Waals surface area contributed by atoms with Crippen LogP contribution in [0.15, 0.2) is 48.5 Å². The molecule has 166 valence electrons. The van der Waals surface area contributed by atoms with Crippen molar-refractivity contribution in [3.05, 3.63) is 64.1 Å². The Morgan fingerprint density at radius 3 is 2.35 bits per heavy atom. The van der Waals surface area contributed by atoms with Crippen molar-refractivity contribution in [2.45, 2.75) is 57.7 Å². The van der Waals surface area contributed by atoms with Gasteiger partial charge >= 0.3 is 0 Å². The summed E-state index contributed by atoms with van der Waals surface area (Å²) in [4.78, 5) is 27.9. The van der Waals surface area contributed by atoms with Crippen LogP contribution in [0.1, 0.15) is 44.6 Å². The molecule has 1 N–H and O–H groups in total. The van der Waals surface area contributed by atoms with E-state index in [4.69, 9.17) is 27.9 Å². The number of para-hydroxylation sites is 1. The third kappa shape index (κ3) is 6.37. The molecule has 2 aromatic carbocycles. The molecule has 31 heavy (non-hydrogen) atoms. The molecule has 0 radical (unpaired) electrons. The molecular weight excluding hydrogens is 435 g/mol. The predicted octanol–water partition coefficient (Wildman–Crippen LogP) is 5.24. The van der Waals surface area contributed by atoms with Gasteiger partial charge in [0.25, 0.3) is 5.91 Å². The van der Waals surface area contributed by atoms with Gasteiger partial charge < -0.3 is 15.0 Å². The molecule has 2 aromatic rings. The Bertz CT molecular complexity index is 900. The first kappa shape index (κ1) is 23.4. The van der Waals surface area contributed by atoms with Crippen LogP contribution in [0.4, 0.5) is 0 Å². The predicted molar refractivity (Wildman–Crippen MR) is 123 cm³/mol. The molecule has 0 bridgehead atoms. The first-order valence-electron chi connectivity index (χ1n) is 10.7. The zero-order valence-corrected chi connectivity index (χ0v) is 19.2. The van der Waals surface area contributed by atoms with Crippen molar-refractivity contribution >= 4 is 35.0 Å². The van der Waals surface area contributed by atoms with Gasteiger partial charge in [0.2, 0.25) is 5.91 Å². The van der Waals surface area contributed by atoms with E-state index in [0.29, 0.717) is 22.2 Å². The van der Waals surface area contributed by atoms with Crippen LogP contribution >= 0.6 is 23.2 Å². The van der Waals surface area contributed by atoms with Gasteiger partial charge in [0.1, 0.15) is 11.8 Å². The van der Waals surface area contributed by atoms with E-state index in [9.17, 15) is 9.59 Å². The smallest absolute Gasteiger partial charge is 0.261 e. The Kier molecular flexibility index (Phi) is 8.61. The van der Waals surface area contributed by atoms with Crippen LogP contribution in [0.2, 0.25) is 10.0 Å². The van der Waals surface area contributed by atoms with Crippen molar-refractivity contribution in [2.24, 2.45) is 0 Å². The van der Waals surface area contributed by atoms with Crippen molar-refractivity contribution in [3.63, 3.8) is 0 Å². The first-order chi connectivity index (χ1) is 15.0. The van der Waals surface area contributed by atoms with Crippen LogP contribution in [-0.4, -0.2) is 35.4 Å². The molecule has 7 heteroatoms. The molecule has 0 spiro atoms. The molecule has 5 nitrogen and oxygen atoms in total. The molecule has 0 aromatic heterocycles. The highest BCUT2D eigenvalue weighted by molar-refractivity contribution is 6.32. The molecule has 1 aliphatic carbocycles. The molecule has 3 rings (SSSR count). The van der Waals surface area contributed by atoms with Crippen molar-refractivity contribution in [1.82, 2.24) is 10.2 Å². The molecule has 1 atom stereocenters. The van der Waals surface area contributed by atoms with Crippen molar-refractivity contribution in [2.75, 3.05) is 6.61 Å². The number of amides is 2. The minimum Gasteiger partial charge on any atom is -0.482 e. The van der Waals surface area contributed by atoms with E-state index >= 15 is 0 Å². The van der Waals surface area contributed by atoms with Crippen molar-refractivity contribution in [3.8, 4) is 5.75 Å². The maximum Gasteiger partial charge on any atom is 0.261 e. The van der Waals surface area contributed by atoms with Crippen molar-refractivity contribution < 1.29 is 14.3 Å². The van der Waals surface area contributed by atoms with Gasteiger partial charge in [-0.3, -0.25) is 9.59 Å². The summed E-state index contributed by atoms with van der Waals surface area (Å²) >= 11 is 12.5. The summed E-state index contributed by atoms with van der Waals surface area (Å²) in [6, 6.07) is 13.9. The van der Waals surface area contributed by atoms with Crippen LogP contribution in [-0.2, 0) is 16.1 Å². The fourth-order valence-electron chi connectivity index (χ4n) is 3.88. The zero-order chi connectivity index (χ0) is 22.2. The van der Waals surface area contributed by atoms with Crippen molar-refractivity contribution in [1.29, 1.82) is 0 Å². The van der Waals surface area contributed by atoms with Crippen LogP contribution in [0.5, 0.6) is 5.75 Å². The number of nitrogens with zero attached hydrogens (tertiary/aromatic N) is 1. The van der Waals surface area contributed by atoms with E-state index < -0.39 is 6.04 Å². The average molecular weight is 463 g/mol. The minimum absolute atomic E-state index is 0.132. The highest BCUT2D eigenvalue weighted by atomic mass is 35.5. The molecule has 0 saturated heterocycles. The standard InChI is InChI=1S/C24H28Cl2N2O3/c1-2-21(24(30)27-18-10-4-5-11-18)28(15-17-9-3-6-12-19(17)25)23(29)16-31-22-14-8-7-13-20(22)26/h3,6-9,12-14,18,21H,2,4-5,10-11,15-16H2,1H3,(H,27,30). The van der Waals surface area contributed by atoms with Gasteiger partial charge in [0.05, 0.1) is 5.02 Å². The molecule has 2 amide bonds. The Labute approximate surface area is 193 Å². The molecule has 0 heterocycles. The summed E-state index contributed by atoms with van der Waals surface area (Å²) in [5.41, 5.74) is 0.780. The lowest BCUT2D eigenvalue weighted by Crippen LogP contribution is -2.52. The highest BCUT2D eigenvalue weighted by Crippen LogP contribution is 2.24. The number of halogens is 2. The third-order valence-corrected chi connectivity index (χ3v) is 6.25. The lowest BCUT2D eigenvalue weighted by atomic mass is 10.1. The topological polar surface area (TPSA) is 58.6 Å². The summed E-state index contributed by atoms with van der Waals surface area (Å²) in [6.45, 7) is 1.91. The fraction of sp³-hybridized carbons (Fsp3) is 0.417. The van der Waals surface area contributed by atoms with Gasteiger partial charge in [0.15, 0.2) is 6.61 Å². The Morgan fingerprint density at radius 1 is 1.06 bits per heavy atom. The number of rotatable bonds is 9. The monoisotopic (exact) mass is 462 g/mol. The summed E-state index contributed by atoms with van der Waals surface area (Å²) in [7, 11) is 0. The van der Waals surface area contributed by atoms with Gasteiger partial charge in [-0.15, -0.1) is 0 Å².